The summed E-state index contributed by atoms with van der Waals surface area (Å²) in [6, 6.07) is 11.3. The number of methoxy groups -OCH3 is 4. The van der Waals surface area contributed by atoms with Gasteiger partial charge in [0.25, 0.3) is 0 Å². The van der Waals surface area contributed by atoms with Gasteiger partial charge in [-0.05, 0) is 32.9 Å². The second kappa shape index (κ2) is 11.2. The Morgan fingerprint density at radius 3 is 2.18 bits per heavy atom. The Balaban J connectivity index is 1.93. The number of fused-ring (bicyclic) bond motifs is 1. The SMILES string of the molecule is COc1ccccc1C1C=C2NC(C)=C(C(=O)OC(C)C)C(c3ccc(OC)c(OC)c3OC)C2C(=O)C1. The zero-order chi connectivity index (χ0) is 27.6. The molecule has 4 rings (SSSR count). The fraction of sp³-hybridized carbons (Fsp3) is 0.400. The first-order valence-electron chi connectivity index (χ1n) is 12.6. The second-order valence-electron chi connectivity index (χ2n) is 9.64. The van der Waals surface area contributed by atoms with E-state index >= 15 is 0 Å². The average molecular weight is 522 g/mol. The summed E-state index contributed by atoms with van der Waals surface area (Å²) in [6.07, 6.45) is 2.00. The summed E-state index contributed by atoms with van der Waals surface area (Å²) in [5.41, 5.74) is 3.31. The Morgan fingerprint density at radius 1 is 0.868 bits per heavy atom. The highest BCUT2D eigenvalue weighted by atomic mass is 16.5. The summed E-state index contributed by atoms with van der Waals surface area (Å²) < 4.78 is 28.1. The van der Waals surface area contributed by atoms with Crippen LogP contribution in [0.2, 0.25) is 0 Å². The van der Waals surface area contributed by atoms with Crippen LogP contribution in [-0.4, -0.2) is 46.3 Å². The van der Waals surface area contributed by atoms with Gasteiger partial charge in [-0.3, -0.25) is 4.79 Å². The largest absolute Gasteiger partial charge is 0.496 e. The van der Waals surface area contributed by atoms with Crippen LogP contribution in [0.15, 0.2) is 59.4 Å². The van der Waals surface area contributed by atoms with Crippen molar-refractivity contribution < 1.29 is 33.3 Å². The highest BCUT2D eigenvalue weighted by Crippen LogP contribution is 2.52. The first-order valence-corrected chi connectivity index (χ1v) is 12.6. The number of nitrogens with one attached hydrogen (secondary N) is 1. The lowest BCUT2D eigenvalue weighted by Gasteiger charge is -2.40. The number of ketones is 1. The summed E-state index contributed by atoms with van der Waals surface area (Å²) in [5, 5.41) is 3.36. The van der Waals surface area contributed by atoms with Gasteiger partial charge in [0.15, 0.2) is 11.5 Å². The molecule has 3 unspecified atom stereocenters. The number of ether oxygens (including phenoxy) is 5. The van der Waals surface area contributed by atoms with Crippen molar-refractivity contribution in [1.29, 1.82) is 0 Å². The van der Waals surface area contributed by atoms with Crippen LogP contribution in [-0.2, 0) is 14.3 Å². The minimum absolute atomic E-state index is 0.00455. The summed E-state index contributed by atoms with van der Waals surface area (Å²) in [6.45, 7) is 5.42. The van der Waals surface area contributed by atoms with Crippen LogP contribution >= 0.6 is 0 Å². The lowest BCUT2D eigenvalue weighted by atomic mass is 9.68. The minimum Gasteiger partial charge on any atom is -0.496 e. The monoisotopic (exact) mass is 521 g/mol. The van der Waals surface area contributed by atoms with Gasteiger partial charge in [-0.25, -0.2) is 4.79 Å². The Morgan fingerprint density at radius 2 is 1.55 bits per heavy atom. The molecule has 1 heterocycles. The van der Waals surface area contributed by atoms with Crippen LogP contribution < -0.4 is 24.3 Å². The van der Waals surface area contributed by atoms with E-state index in [1.807, 2.05) is 37.3 Å². The van der Waals surface area contributed by atoms with Gasteiger partial charge < -0.3 is 29.0 Å². The van der Waals surface area contributed by atoms with Gasteiger partial charge in [-0.2, -0.15) is 0 Å². The van der Waals surface area contributed by atoms with E-state index < -0.39 is 17.8 Å². The number of allylic oxidation sites excluding steroid dienone is 3. The lowest BCUT2D eigenvalue weighted by molar-refractivity contribution is -0.143. The van der Waals surface area contributed by atoms with Gasteiger partial charge in [0.05, 0.1) is 46.0 Å². The molecule has 2 aromatic rings. The molecule has 2 aliphatic rings. The number of Topliss-reactive ketones (excluding diaryl/α,β-unsaturated/α-hetero) is 1. The van der Waals surface area contributed by atoms with Crippen LogP contribution in [0.5, 0.6) is 23.0 Å². The number of carbonyl (C=O) groups excluding carboxylic acids is 2. The van der Waals surface area contributed by atoms with Crippen molar-refractivity contribution in [3.8, 4) is 23.0 Å². The minimum atomic E-state index is -0.658. The van der Waals surface area contributed by atoms with Crippen molar-refractivity contribution in [2.24, 2.45) is 5.92 Å². The number of benzene rings is 2. The van der Waals surface area contributed by atoms with Crippen molar-refractivity contribution >= 4 is 11.8 Å². The maximum Gasteiger partial charge on any atom is 0.336 e. The number of carbonyl (C=O) groups is 2. The lowest BCUT2D eigenvalue weighted by Crippen LogP contribution is -2.42. The van der Waals surface area contributed by atoms with Gasteiger partial charge in [0, 0.05) is 40.8 Å². The van der Waals surface area contributed by atoms with Gasteiger partial charge in [0.2, 0.25) is 5.75 Å². The van der Waals surface area contributed by atoms with Gasteiger partial charge in [-0.1, -0.05) is 30.3 Å². The molecule has 0 fully saturated rings. The van der Waals surface area contributed by atoms with Crippen molar-refractivity contribution in [1.82, 2.24) is 5.32 Å². The van der Waals surface area contributed by atoms with Crippen molar-refractivity contribution in [2.45, 2.75) is 45.1 Å². The molecule has 1 N–H and O–H groups in total. The first-order chi connectivity index (χ1) is 18.2. The molecule has 1 aliphatic heterocycles. The molecule has 38 heavy (non-hydrogen) atoms. The van der Waals surface area contributed by atoms with Crippen molar-refractivity contribution in [2.75, 3.05) is 28.4 Å². The van der Waals surface area contributed by atoms with E-state index in [-0.39, 0.29) is 24.2 Å². The normalized spacial score (nSPS) is 20.8. The predicted octanol–water partition coefficient (Wildman–Crippen LogP) is 4.89. The molecule has 0 saturated heterocycles. The third-order valence-corrected chi connectivity index (χ3v) is 7.03. The Bertz CT molecular complexity index is 1290. The topological polar surface area (TPSA) is 92.3 Å². The number of esters is 1. The van der Waals surface area contributed by atoms with Crippen LogP contribution in [0.25, 0.3) is 0 Å². The van der Waals surface area contributed by atoms with E-state index in [2.05, 4.69) is 11.4 Å². The maximum absolute atomic E-state index is 14.0. The molecule has 0 bridgehead atoms. The molecule has 8 nitrogen and oxygen atoms in total. The molecular formula is C30H35NO7. The van der Waals surface area contributed by atoms with Crippen molar-refractivity contribution in [3.05, 3.63) is 70.6 Å². The molecule has 2 aromatic carbocycles. The van der Waals surface area contributed by atoms with E-state index in [0.29, 0.717) is 34.1 Å². The third kappa shape index (κ3) is 4.83. The predicted molar refractivity (Wildman–Crippen MR) is 143 cm³/mol. The van der Waals surface area contributed by atoms with Crippen LogP contribution in [0.4, 0.5) is 0 Å². The van der Waals surface area contributed by atoms with E-state index in [4.69, 9.17) is 23.7 Å². The summed E-state index contributed by atoms with van der Waals surface area (Å²) in [7, 11) is 6.22. The van der Waals surface area contributed by atoms with E-state index in [9.17, 15) is 9.59 Å². The molecule has 3 atom stereocenters. The van der Waals surface area contributed by atoms with Crippen LogP contribution in [0.1, 0.15) is 50.2 Å². The Kier molecular flexibility index (Phi) is 7.99. The van der Waals surface area contributed by atoms with Crippen LogP contribution in [0.3, 0.4) is 0 Å². The summed E-state index contributed by atoms with van der Waals surface area (Å²) in [4.78, 5) is 27.4. The van der Waals surface area contributed by atoms with E-state index in [0.717, 1.165) is 17.0 Å². The van der Waals surface area contributed by atoms with E-state index in [1.165, 1.54) is 14.2 Å². The zero-order valence-corrected chi connectivity index (χ0v) is 22.9. The standard InChI is InChI=1S/C30H35NO7/c1-16(2)38-30(33)25-17(3)31-21-14-18(19-10-8-9-11-23(19)34-4)15-22(32)27(21)26(25)20-12-13-24(35-5)29(37-7)28(20)36-6/h8-14,16,18,26-27,31H,15H2,1-7H3. The second-order valence-corrected chi connectivity index (χ2v) is 9.64. The van der Waals surface area contributed by atoms with E-state index in [1.54, 1.807) is 34.1 Å². The van der Waals surface area contributed by atoms with Crippen molar-refractivity contribution in [3.63, 3.8) is 0 Å². The number of hydrogen-bond acceptors (Lipinski definition) is 8. The summed E-state index contributed by atoms with van der Waals surface area (Å²) in [5.74, 6) is 0.0317. The number of rotatable bonds is 8. The summed E-state index contributed by atoms with van der Waals surface area (Å²) >= 11 is 0. The Labute approximate surface area is 223 Å². The molecule has 0 aromatic heterocycles. The quantitative estimate of drug-likeness (QED) is 0.491. The van der Waals surface area contributed by atoms with Crippen LogP contribution in [0, 0.1) is 5.92 Å². The van der Waals surface area contributed by atoms with Gasteiger partial charge >= 0.3 is 5.97 Å². The fourth-order valence-corrected chi connectivity index (χ4v) is 5.50. The highest BCUT2D eigenvalue weighted by Gasteiger charge is 2.47. The molecule has 202 valence electrons. The third-order valence-electron chi connectivity index (χ3n) is 7.03. The molecule has 0 amide bonds. The fourth-order valence-electron chi connectivity index (χ4n) is 5.50. The highest BCUT2D eigenvalue weighted by molar-refractivity contribution is 5.97. The smallest absolute Gasteiger partial charge is 0.336 e. The molecule has 1 aliphatic carbocycles. The molecular weight excluding hydrogens is 486 g/mol. The number of hydrogen-bond donors (Lipinski definition) is 1. The maximum atomic E-state index is 14.0. The molecule has 0 radical (unpaired) electrons. The average Bonchev–Trinajstić information content (AvgIpc) is 2.90. The zero-order valence-electron chi connectivity index (χ0n) is 22.9. The molecule has 0 saturated carbocycles. The molecule has 0 spiro atoms. The molecule has 8 heteroatoms. The Hall–Kier alpha value is -3.94. The van der Waals surface area contributed by atoms with Gasteiger partial charge in [-0.15, -0.1) is 0 Å². The van der Waals surface area contributed by atoms with Gasteiger partial charge in [0.1, 0.15) is 11.5 Å². The first kappa shape index (κ1) is 27.1. The number of para-hydroxylation sites is 1.